The molecule has 3 atom stereocenters. The Balaban J connectivity index is 1.48. The van der Waals surface area contributed by atoms with E-state index in [1.807, 2.05) is 27.0 Å². The lowest BCUT2D eigenvalue weighted by atomic mass is 10.1. The van der Waals surface area contributed by atoms with E-state index in [0.717, 1.165) is 29.8 Å². The molecule has 1 unspecified atom stereocenters. The summed E-state index contributed by atoms with van der Waals surface area (Å²) < 4.78 is 10.6. The SMILES string of the molecule is Cc1cc(CC(O)Nc2ncc([C@@H]3CC[C@H](OC(=O)NC(C)C)C3)s2)on1. The van der Waals surface area contributed by atoms with Gasteiger partial charge < -0.3 is 25.0 Å². The minimum Gasteiger partial charge on any atom is -0.446 e. The maximum Gasteiger partial charge on any atom is 0.407 e. The summed E-state index contributed by atoms with van der Waals surface area (Å²) in [6.07, 6.45) is 3.55. The number of ether oxygens (including phenoxy) is 1. The Morgan fingerprint density at radius 2 is 2.30 bits per heavy atom. The number of hydrogen-bond donors (Lipinski definition) is 3. The molecule has 27 heavy (non-hydrogen) atoms. The van der Waals surface area contributed by atoms with Crippen LogP contribution < -0.4 is 10.6 Å². The van der Waals surface area contributed by atoms with E-state index in [2.05, 4.69) is 20.8 Å². The Morgan fingerprint density at radius 3 is 3.00 bits per heavy atom. The van der Waals surface area contributed by atoms with Crippen LogP contribution in [0.25, 0.3) is 0 Å². The summed E-state index contributed by atoms with van der Waals surface area (Å²) in [5, 5.41) is 20.4. The molecule has 0 aliphatic heterocycles. The normalized spacial score (nSPS) is 20.6. The lowest BCUT2D eigenvalue weighted by Gasteiger charge is -2.14. The fourth-order valence-corrected chi connectivity index (χ4v) is 4.18. The highest BCUT2D eigenvalue weighted by Crippen LogP contribution is 2.39. The molecule has 148 valence electrons. The van der Waals surface area contributed by atoms with Crippen LogP contribution in [-0.2, 0) is 11.2 Å². The Kier molecular flexibility index (Phi) is 6.33. The second kappa shape index (κ2) is 8.71. The third-order valence-electron chi connectivity index (χ3n) is 4.35. The quantitative estimate of drug-likeness (QED) is 0.619. The molecular weight excluding hydrogens is 368 g/mol. The van der Waals surface area contributed by atoms with E-state index in [-0.39, 0.29) is 18.2 Å². The Hall–Kier alpha value is -2.13. The van der Waals surface area contributed by atoms with Gasteiger partial charge in [-0.2, -0.15) is 0 Å². The van der Waals surface area contributed by atoms with E-state index < -0.39 is 6.23 Å². The van der Waals surface area contributed by atoms with Crippen LogP contribution in [0.2, 0.25) is 0 Å². The molecular formula is C18H26N4O4S. The van der Waals surface area contributed by atoms with Gasteiger partial charge in [-0.3, -0.25) is 0 Å². The van der Waals surface area contributed by atoms with Gasteiger partial charge in [0.15, 0.2) is 5.13 Å². The van der Waals surface area contributed by atoms with Gasteiger partial charge in [-0.05, 0) is 46.0 Å². The predicted octanol–water partition coefficient (Wildman–Crippen LogP) is 3.18. The highest BCUT2D eigenvalue weighted by molar-refractivity contribution is 7.15. The van der Waals surface area contributed by atoms with Crippen LogP contribution in [0.5, 0.6) is 0 Å². The van der Waals surface area contributed by atoms with Crippen LogP contribution in [0.15, 0.2) is 16.8 Å². The van der Waals surface area contributed by atoms with Crippen LogP contribution in [-0.4, -0.2) is 39.7 Å². The zero-order valence-electron chi connectivity index (χ0n) is 15.8. The first kappa shape index (κ1) is 19.6. The van der Waals surface area contributed by atoms with Crippen LogP contribution in [0.4, 0.5) is 9.93 Å². The molecule has 2 heterocycles. The highest BCUT2D eigenvalue weighted by atomic mass is 32.1. The zero-order valence-corrected chi connectivity index (χ0v) is 16.6. The number of nitrogens with zero attached hydrogens (tertiary/aromatic N) is 2. The summed E-state index contributed by atoms with van der Waals surface area (Å²) in [5.74, 6) is 0.948. The number of hydrogen-bond acceptors (Lipinski definition) is 8. The number of carbonyl (C=O) groups excluding carboxylic acids is 1. The van der Waals surface area contributed by atoms with Gasteiger partial charge in [-0.25, -0.2) is 9.78 Å². The molecule has 0 saturated heterocycles. The summed E-state index contributed by atoms with van der Waals surface area (Å²) in [6, 6.07) is 1.86. The number of aliphatic hydroxyl groups is 1. The topological polar surface area (TPSA) is 110 Å². The summed E-state index contributed by atoms with van der Waals surface area (Å²) in [7, 11) is 0. The zero-order chi connectivity index (χ0) is 19.4. The van der Waals surface area contributed by atoms with Crippen molar-refractivity contribution in [1.29, 1.82) is 0 Å². The highest BCUT2D eigenvalue weighted by Gasteiger charge is 2.30. The number of carbonyl (C=O) groups is 1. The molecule has 1 fully saturated rings. The summed E-state index contributed by atoms with van der Waals surface area (Å²) in [4.78, 5) is 17.2. The van der Waals surface area contributed by atoms with Gasteiger partial charge in [0.25, 0.3) is 0 Å². The molecule has 2 aromatic heterocycles. The number of aryl methyl sites for hydroxylation is 1. The van der Waals surface area contributed by atoms with Crippen molar-refractivity contribution in [2.24, 2.45) is 0 Å². The molecule has 3 rings (SSSR count). The van der Waals surface area contributed by atoms with Crippen LogP contribution in [0.1, 0.15) is 55.4 Å². The molecule has 1 aliphatic rings. The molecule has 1 saturated carbocycles. The average molecular weight is 394 g/mol. The molecule has 2 aromatic rings. The van der Waals surface area contributed by atoms with Crippen molar-refractivity contribution in [2.75, 3.05) is 5.32 Å². The van der Waals surface area contributed by atoms with Gasteiger partial charge in [-0.1, -0.05) is 5.16 Å². The van der Waals surface area contributed by atoms with Crippen molar-refractivity contribution >= 4 is 22.6 Å². The van der Waals surface area contributed by atoms with Gasteiger partial charge in [0.05, 0.1) is 12.1 Å². The van der Waals surface area contributed by atoms with Crippen LogP contribution >= 0.6 is 11.3 Å². The van der Waals surface area contributed by atoms with Crippen molar-refractivity contribution in [2.45, 2.75) is 70.7 Å². The molecule has 1 amide bonds. The number of anilines is 1. The second-order valence-corrected chi connectivity index (χ2v) is 8.27. The maximum absolute atomic E-state index is 11.7. The smallest absolute Gasteiger partial charge is 0.407 e. The molecule has 0 radical (unpaired) electrons. The standard InChI is InChI=1S/C18H26N4O4S/c1-10(2)20-18(24)25-13-5-4-12(7-13)15-9-19-17(27-15)21-16(23)8-14-6-11(3)22-26-14/h6,9-10,12-13,16,23H,4-5,7-8H2,1-3H3,(H,19,21)(H,20,24)/t12-,13+,16?/m1/s1. The Bertz CT molecular complexity index is 760. The van der Waals surface area contributed by atoms with E-state index in [0.29, 0.717) is 23.2 Å². The van der Waals surface area contributed by atoms with Crippen molar-refractivity contribution < 1.29 is 19.2 Å². The summed E-state index contributed by atoms with van der Waals surface area (Å²) >= 11 is 1.52. The van der Waals surface area contributed by atoms with Gasteiger partial charge >= 0.3 is 6.09 Å². The van der Waals surface area contributed by atoms with Crippen molar-refractivity contribution in [3.05, 3.63) is 28.6 Å². The van der Waals surface area contributed by atoms with E-state index in [4.69, 9.17) is 9.26 Å². The molecule has 8 nitrogen and oxygen atoms in total. The van der Waals surface area contributed by atoms with Gasteiger partial charge in [0, 0.05) is 23.2 Å². The van der Waals surface area contributed by atoms with Crippen molar-refractivity contribution in [3.63, 3.8) is 0 Å². The minimum absolute atomic E-state index is 0.0625. The van der Waals surface area contributed by atoms with E-state index in [9.17, 15) is 9.90 Å². The fraction of sp³-hybridized carbons (Fsp3) is 0.611. The van der Waals surface area contributed by atoms with Crippen molar-refractivity contribution in [3.8, 4) is 0 Å². The number of thiazole rings is 1. The lowest BCUT2D eigenvalue weighted by Crippen LogP contribution is -2.33. The first-order valence-electron chi connectivity index (χ1n) is 9.18. The Labute approximate surface area is 162 Å². The van der Waals surface area contributed by atoms with Gasteiger partial charge in [-0.15, -0.1) is 11.3 Å². The number of rotatable bonds is 7. The molecule has 9 heteroatoms. The second-order valence-electron chi connectivity index (χ2n) is 7.20. The van der Waals surface area contributed by atoms with E-state index in [1.54, 1.807) is 6.07 Å². The summed E-state index contributed by atoms with van der Waals surface area (Å²) in [6.45, 7) is 5.65. The fourth-order valence-electron chi connectivity index (χ4n) is 3.17. The predicted molar refractivity (Wildman–Crippen MR) is 102 cm³/mol. The lowest BCUT2D eigenvalue weighted by molar-refractivity contribution is 0.0982. The number of aliphatic hydroxyl groups excluding tert-OH is 1. The Morgan fingerprint density at radius 1 is 1.48 bits per heavy atom. The third kappa shape index (κ3) is 5.67. The minimum atomic E-state index is -0.796. The average Bonchev–Trinajstić information content (AvgIpc) is 3.28. The summed E-state index contributed by atoms with van der Waals surface area (Å²) in [5.41, 5.74) is 0.786. The molecule has 3 N–H and O–H groups in total. The van der Waals surface area contributed by atoms with E-state index >= 15 is 0 Å². The largest absolute Gasteiger partial charge is 0.446 e. The number of amides is 1. The number of nitrogens with one attached hydrogen (secondary N) is 2. The molecule has 0 aromatic carbocycles. The molecule has 1 aliphatic carbocycles. The molecule has 0 bridgehead atoms. The molecule has 0 spiro atoms. The first-order chi connectivity index (χ1) is 12.9. The van der Waals surface area contributed by atoms with Crippen LogP contribution in [0, 0.1) is 6.92 Å². The first-order valence-corrected chi connectivity index (χ1v) is 10.0. The van der Waals surface area contributed by atoms with E-state index in [1.165, 1.54) is 11.3 Å². The maximum atomic E-state index is 11.7. The van der Waals surface area contributed by atoms with Gasteiger partial charge in [0.2, 0.25) is 0 Å². The monoisotopic (exact) mass is 394 g/mol. The van der Waals surface area contributed by atoms with Gasteiger partial charge in [0.1, 0.15) is 18.1 Å². The third-order valence-corrected chi connectivity index (χ3v) is 5.44. The van der Waals surface area contributed by atoms with Crippen molar-refractivity contribution in [1.82, 2.24) is 15.5 Å². The number of alkyl carbamates (subject to hydrolysis) is 1. The van der Waals surface area contributed by atoms with Crippen LogP contribution in [0.3, 0.4) is 0 Å². The number of aromatic nitrogens is 2.